The summed E-state index contributed by atoms with van der Waals surface area (Å²) in [6.07, 6.45) is 1.03. The molecule has 0 aliphatic carbocycles. The van der Waals surface area contributed by atoms with E-state index in [1.807, 2.05) is 5.38 Å². The van der Waals surface area contributed by atoms with E-state index in [1.54, 1.807) is 11.3 Å². The van der Waals surface area contributed by atoms with Crippen molar-refractivity contribution in [3.8, 4) is 0 Å². The zero-order chi connectivity index (χ0) is 11.4. The minimum atomic E-state index is 0.899. The van der Waals surface area contributed by atoms with Gasteiger partial charge in [-0.1, -0.05) is 24.3 Å². The smallest absolute Gasteiger partial charge is 0.183 e. The molecular weight excluding hydrogens is 284 g/mol. The fourth-order valence-corrected chi connectivity index (χ4v) is 2.70. The largest absolute Gasteiger partial charge is 0.361 e. The lowest BCUT2D eigenvalue weighted by atomic mass is 10.1. The van der Waals surface area contributed by atoms with Crippen molar-refractivity contribution in [2.45, 2.75) is 13.3 Å². The van der Waals surface area contributed by atoms with Gasteiger partial charge >= 0.3 is 0 Å². The van der Waals surface area contributed by atoms with Gasteiger partial charge in [-0.15, -0.1) is 11.3 Å². The number of aromatic nitrogens is 1. The average molecular weight is 297 g/mol. The van der Waals surface area contributed by atoms with Crippen LogP contribution in [0.25, 0.3) is 0 Å². The fourth-order valence-electron chi connectivity index (χ4n) is 1.53. The van der Waals surface area contributed by atoms with E-state index in [4.69, 9.17) is 0 Å². The molecule has 2 nitrogen and oxygen atoms in total. The van der Waals surface area contributed by atoms with Crippen LogP contribution in [-0.2, 0) is 6.42 Å². The van der Waals surface area contributed by atoms with E-state index in [1.165, 1.54) is 11.1 Å². The lowest BCUT2D eigenvalue weighted by Gasteiger charge is -2.05. The van der Waals surface area contributed by atoms with Crippen molar-refractivity contribution >= 4 is 32.4 Å². The van der Waals surface area contributed by atoms with Gasteiger partial charge in [-0.3, -0.25) is 0 Å². The highest BCUT2D eigenvalue weighted by atomic mass is 79.9. The van der Waals surface area contributed by atoms with Gasteiger partial charge in [0.15, 0.2) is 5.13 Å². The third-order valence-corrected chi connectivity index (χ3v) is 3.92. The molecule has 0 unspecified atom stereocenters. The zero-order valence-electron chi connectivity index (χ0n) is 9.03. The fraction of sp³-hybridized carbons (Fsp3) is 0.250. The second kappa shape index (κ2) is 5.46. The Morgan fingerprint density at radius 3 is 2.88 bits per heavy atom. The van der Waals surface area contributed by atoms with Crippen LogP contribution in [0.2, 0.25) is 0 Å². The Morgan fingerprint density at radius 1 is 1.38 bits per heavy atom. The van der Waals surface area contributed by atoms with Crippen LogP contribution in [0.15, 0.2) is 34.2 Å². The first-order chi connectivity index (χ1) is 7.75. The van der Waals surface area contributed by atoms with Gasteiger partial charge in [-0.05, 0) is 40.4 Å². The molecule has 0 aliphatic rings. The molecular formula is C12H13BrN2S. The SMILES string of the molecule is Cc1ccccc1CCNc1nc(Br)cs1. The van der Waals surface area contributed by atoms with Gasteiger partial charge < -0.3 is 5.32 Å². The lowest BCUT2D eigenvalue weighted by molar-refractivity contribution is 1.00. The molecule has 0 saturated carbocycles. The van der Waals surface area contributed by atoms with E-state index in [-0.39, 0.29) is 0 Å². The van der Waals surface area contributed by atoms with Crippen molar-refractivity contribution in [3.05, 3.63) is 45.4 Å². The Kier molecular flexibility index (Phi) is 3.96. The van der Waals surface area contributed by atoms with E-state index in [9.17, 15) is 0 Å². The number of halogens is 1. The van der Waals surface area contributed by atoms with Gasteiger partial charge in [-0.2, -0.15) is 0 Å². The normalized spacial score (nSPS) is 10.4. The van der Waals surface area contributed by atoms with Crippen LogP contribution in [-0.4, -0.2) is 11.5 Å². The Morgan fingerprint density at radius 2 is 2.19 bits per heavy atom. The van der Waals surface area contributed by atoms with E-state index in [0.29, 0.717) is 0 Å². The number of nitrogens with zero attached hydrogens (tertiary/aromatic N) is 1. The van der Waals surface area contributed by atoms with Crippen LogP contribution in [0.5, 0.6) is 0 Å². The molecule has 0 saturated heterocycles. The lowest BCUT2D eigenvalue weighted by Crippen LogP contribution is -2.05. The topological polar surface area (TPSA) is 24.9 Å². The number of hydrogen-bond acceptors (Lipinski definition) is 3. The maximum atomic E-state index is 4.29. The van der Waals surface area contributed by atoms with Crippen molar-refractivity contribution in [2.24, 2.45) is 0 Å². The highest BCUT2D eigenvalue weighted by molar-refractivity contribution is 9.10. The van der Waals surface area contributed by atoms with Gasteiger partial charge in [0.05, 0.1) is 0 Å². The maximum Gasteiger partial charge on any atom is 0.183 e. The molecule has 0 bridgehead atoms. The summed E-state index contributed by atoms with van der Waals surface area (Å²) in [5.41, 5.74) is 2.75. The van der Waals surface area contributed by atoms with Crippen molar-refractivity contribution in [1.29, 1.82) is 0 Å². The molecule has 0 amide bonds. The summed E-state index contributed by atoms with van der Waals surface area (Å²) < 4.78 is 0.899. The van der Waals surface area contributed by atoms with Crippen LogP contribution >= 0.6 is 27.3 Å². The van der Waals surface area contributed by atoms with Crippen molar-refractivity contribution in [2.75, 3.05) is 11.9 Å². The summed E-state index contributed by atoms with van der Waals surface area (Å²) in [6.45, 7) is 3.07. The summed E-state index contributed by atoms with van der Waals surface area (Å²) in [7, 11) is 0. The molecule has 0 atom stereocenters. The molecule has 1 aromatic heterocycles. The third kappa shape index (κ3) is 3.06. The number of rotatable bonds is 4. The summed E-state index contributed by atoms with van der Waals surface area (Å²) in [4.78, 5) is 4.29. The van der Waals surface area contributed by atoms with Gasteiger partial charge in [-0.25, -0.2) is 4.98 Å². The average Bonchev–Trinajstić information content (AvgIpc) is 2.67. The van der Waals surface area contributed by atoms with Gasteiger partial charge in [0, 0.05) is 11.9 Å². The molecule has 2 aromatic rings. The number of thiazole rings is 1. The summed E-state index contributed by atoms with van der Waals surface area (Å²) in [5, 5.41) is 6.27. The molecule has 84 valence electrons. The molecule has 0 radical (unpaired) electrons. The minimum absolute atomic E-state index is 0.899. The molecule has 1 heterocycles. The van der Waals surface area contributed by atoms with Crippen LogP contribution in [0.4, 0.5) is 5.13 Å². The third-order valence-electron chi connectivity index (χ3n) is 2.41. The van der Waals surface area contributed by atoms with Crippen molar-refractivity contribution < 1.29 is 0 Å². The predicted molar refractivity (Wildman–Crippen MR) is 73.2 cm³/mol. The molecule has 0 spiro atoms. The first kappa shape index (κ1) is 11.6. The first-order valence-electron chi connectivity index (χ1n) is 5.15. The van der Waals surface area contributed by atoms with Crippen molar-refractivity contribution in [1.82, 2.24) is 4.98 Å². The van der Waals surface area contributed by atoms with Crippen molar-refractivity contribution in [3.63, 3.8) is 0 Å². The highest BCUT2D eigenvalue weighted by Crippen LogP contribution is 2.19. The van der Waals surface area contributed by atoms with Gasteiger partial charge in [0.1, 0.15) is 4.60 Å². The number of nitrogens with one attached hydrogen (secondary N) is 1. The first-order valence-corrected chi connectivity index (χ1v) is 6.82. The monoisotopic (exact) mass is 296 g/mol. The second-order valence-electron chi connectivity index (χ2n) is 3.58. The number of hydrogen-bond donors (Lipinski definition) is 1. The van der Waals surface area contributed by atoms with E-state index in [2.05, 4.69) is 57.4 Å². The number of anilines is 1. The standard InChI is InChI=1S/C12H13BrN2S/c1-9-4-2-3-5-10(9)6-7-14-12-15-11(13)8-16-12/h2-5,8H,6-7H2,1H3,(H,14,15). The molecule has 0 fully saturated rings. The minimum Gasteiger partial charge on any atom is -0.361 e. The van der Waals surface area contributed by atoms with E-state index in [0.717, 1.165) is 22.7 Å². The van der Waals surface area contributed by atoms with Crippen LogP contribution in [0, 0.1) is 6.92 Å². The quantitative estimate of drug-likeness (QED) is 0.926. The molecule has 0 aliphatic heterocycles. The van der Waals surface area contributed by atoms with Gasteiger partial charge in [0.25, 0.3) is 0 Å². The number of aryl methyl sites for hydroxylation is 1. The zero-order valence-corrected chi connectivity index (χ0v) is 11.4. The summed E-state index contributed by atoms with van der Waals surface area (Å²) in [6, 6.07) is 8.48. The molecule has 4 heteroatoms. The van der Waals surface area contributed by atoms with Crippen LogP contribution in [0.1, 0.15) is 11.1 Å². The Balaban J connectivity index is 1.87. The van der Waals surface area contributed by atoms with Gasteiger partial charge in [0.2, 0.25) is 0 Å². The van der Waals surface area contributed by atoms with Crippen LogP contribution < -0.4 is 5.32 Å². The second-order valence-corrected chi connectivity index (χ2v) is 5.25. The van der Waals surface area contributed by atoms with Crippen LogP contribution in [0.3, 0.4) is 0 Å². The molecule has 16 heavy (non-hydrogen) atoms. The summed E-state index contributed by atoms with van der Waals surface area (Å²) in [5.74, 6) is 0. The Labute approximate surface area is 108 Å². The molecule has 1 N–H and O–H groups in total. The van der Waals surface area contributed by atoms with E-state index >= 15 is 0 Å². The highest BCUT2D eigenvalue weighted by Gasteiger charge is 1.99. The Hall–Kier alpha value is -0.870. The maximum absolute atomic E-state index is 4.29. The predicted octanol–water partition coefficient (Wildman–Crippen LogP) is 3.87. The number of benzene rings is 1. The summed E-state index contributed by atoms with van der Waals surface area (Å²) >= 11 is 4.96. The molecule has 1 aromatic carbocycles. The van der Waals surface area contributed by atoms with E-state index < -0.39 is 0 Å². The molecule has 2 rings (SSSR count). The Bertz CT molecular complexity index is 468.